The van der Waals surface area contributed by atoms with Crippen LogP contribution in [0.25, 0.3) is 0 Å². The summed E-state index contributed by atoms with van der Waals surface area (Å²) in [5.74, 6) is -1.52. The molecule has 1 aromatic carbocycles. The van der Waals surface area contributed by atoms with Crippen LogP contribution >= 0.6 is 0 Å². The number of carbonyl (C=O) groups excluding carboxylic acids is 1. The number of carboxylic acids is 1. The minimum Gasteiger partial charge on any atom is -0.480 e. The minimum absolute atomic E-state index is 0.0755. The van der Waals surface area contributed by atoms with E-state index in [2.05, 4.69) is 5.32 Å². The zero-order valence-electron chi connectivity index (χ0n) is 14.2. The number of rotatable bonds is 6. The first-order valence-corrected chi connectivity index (χ1v) is 8.23. The van der Waals surface area contributed by atoms with Crippen molar-refractivity contribution in [3.05, 3.63) is 33.9 Å². The molecule has 0 aromatic heterocycles. The van der Waals surface area contributed by atoms with Gasteiger partial charge in [-0.1, -0.05) is 0 Å². The molecule has 1 fully saturated rings. The molecule has 1 heterocycles. The largest absolute Gasteiger partial charge is 0.480 e. The maximum atomic E-state index is 12.7. The van der Waals surface area contributed by atoms with Crippen LogP contribution in [-0.2, 0) is 15.8 Å². The van der Waals surface area contributed by atoms with Gasteiger partial charge in [0.15, 0.2) is 0 Å². The fourth-order valence-electron chi connectivity index (χ4n) is 2.94. The molecular formula is C16H18F3N3O5. The number of hydrogen-bond donors (Lipinski definition) is 2. The molecule has 1 unspecified atom stereocenters. The highest BCUT2D eigenvalue weighted by Gasteiger charge is 2.33. The van der Waals surface area contributed by atoms with Crippen molar-refractivity contribution in [2.75, 3.05) is 18.4 Å². The molecule has 27 heavy (non-hydrogen) atoms. The Balaban J connectivity index is 2.03. The molecule has 0 saturated carbocycles. The fourth-order valence-corrected chi connectivity index (χ4v) is 2.94. The SMILES string of the molecule is O=C(O)C1CCCCN1C(=O)CCNc1ccc(C(F)(F)F)cc1[N+](=O)[O-]. The molecule has 0 spiro atoms. The monoisotopic (exact) mass is 389 g/mol. The molecule has 0 bridgehead atoms. The summed E-state index contributed by atoms with van der Waals surface area (Å²) in [5.41, 5.74) is -2.04. The number of nitro benzene ring substituents is 1. The predicted molar refractivity (Wildman–Crippen MR) is 88.2 cm³/mol. The number of halogens is 3. The molecule has 8 nitrogen and oxygen atoms in total. The van der Waals surface area contributed by atoms with Crippen molar-refractivity contribution in [1.82, 2.24) is 4.90 Å². The first-order chi connectivity index (χ1) is 12.6. The lowest BCUT2D eigenvalue weighted by Gasteiger charge is -2.33. The normalized spacial score (nSPS) is 17.4. The summed E-state index contributed by atoms with van der Waals surface area (Å²) >= 11 is 0. The van der Waals surface area contributed by atoms with Crippen LogP contribution in [0.15, 0.2) is 18.2 Å². The number of carbonyl (C=O) groups is 2. The number of alkyl halides is 3. The number of nitrogens with zero attached hydrogens (tertiary/aromatic N) is 2. The van der Waals surface area contributed by atoms with Crippen LogP contribution in [0.3, 0.4) is 0 Å². The van der Waals surface area contributed by atoms with E-state index in [1.54, 1.807) is 0 Å². The van der Waals surface area contributed by atoms with E-state index < -0.39 is 40.3 Å². The summed E-state index contributed by atoms with van der Waals surface area (Å²) in [6, 6.07) is 1.18. The molecule has 1 aromatic rings. The van der Waals surface area contributed by atoms with Crippen molar-refractivity contribution in [1.29, 1.82) is 0 Å². The lowest BCUT2D eigenvalue weighted by molar-refractivity contribution is -0.384. The van der Waals surface area contributed by atoms with E-state index in [1.165, 1.54) is 4.90 Å². The average molecular weight is 389 g/mol. The Morgan fingerprint density at radius 1 is 1.33 bits per heavy atom. The molecule has 148 valence electrons. The Morgan fingerprint density at radius 2 is 2.04 bits per heavy atom. The third-order valence-corrected chi connectivity index (χ3v) is 4.28. The Labute approximate surface area is 152 Å². The van der Waals surface area contributed by atoms with E-state index in [0.29, 0.717) is 37.9 Å². The average Bonchev–Trinajstić information content (AvgIpc) is 2.60. The maximum Gasteiger partial charge on any atom is 0.416 e. The fraction of sp³-hybridized carbons (Fsp3) is 0.500. The summed E-state index contributed by atoms with van der Waals surface area (Å²) in [6.07, 6.45) is -3.09. The van der Waals surface area contributed by atoms with Gasteiger partial charge in [-0.3, -0.25) is 14.9 Å². The second-order valence-electron chi connectivity index (χ2n) is 6.10. The molecule has 1 aliphatic rings. The molecule has 1 aliphatic heterocycles. The topological polar surface area (TPSA) is 113 Å². The molecule has 1 saturated heterocycles. The summed E-state index contributed by atoms with van der Waals surface area (Å²) in [4.78, 5) is 34.8. The quantitative estimate of drug-likeness (QED) is 0.571. The molecule has 0 radical (unpaired) electrons. The number of nitro groups is 1. The van der Waals surface area contributed by atoms with Gasteiger partial charge in [-0.15, -0.1) is 0 Å². The number of piperidine rings is 1. The standard InChI is InChI=1S/C16H18F3N3O5/c17-16(18,19)10-4-5-11(13(9-10)22(26)27)20-7-6-14(23)21-8-2-1-3-12(21)15(24)25/h4-5,9,12,20H,1-3,6-8H2,(H,24,25). The summed E-state index contributed by atoms with van der Waals surface area (Å²) in [5, 5.41) is 22.8. The van der Waals surface area contributed by atoms with E-state index >= 15 is 0 Å². The van der Waals surface area contributed by atoms with Crippen molar-refractivity contribution in [3.63, 3.8) is 0 Å². The summed E-state index contributed by atoms with van der Waals surface area (Å²) in [6.45, 7) is 0.240. The molecular weight excluding hydrogens is 371 g/mol. The number of nitrogens with one attached hydrogen (secondary N) is 1. The molecule has 1 atom stereocenters. The highest BCUT2D eigenvalue weighted by Crippen LogP contribution is 2.34. The highest BCUT2D eigenvalue weighted by molar-refractivity contribution is 5.84. The minimum atomic E-state index is -4.71. The van der Waals surface area contributed by atoms with Gasteiger partial charge >= 0.3 is 12.1 Å². The Hall–Kier alpha value is -2.85. The number of likely N-dealkylation sites (tertiary alicyclic amines) is 1. The van der Waals surface area contributed by atoms with Crippen molar-refractivity contribution in [3.8, 4) is 0 Å². The van der Waals surface area contributed by atoms with Gasteiger partial charge in [0.1, 0.15) is 11.7 Å². The van der Waals surface area contributed by atoms with Gasteiger partial charge in [0.25, 0.3) is 5.69 Å². The van der Waals surface area contributed by atoms with Crippen molar-refractivity contribution in [2.45, 2.75) is 37.9 Å². The number of amides is 1. The second-order valence-corrected chi connectivity index (χ2v) is 6.10. The van der Waals surface area contributed by atoms with Gasteiger partial charge in [0.05, 0.1) is 10.5 Å². The molecule has 1 amide bonds. The highest BCUT2D eigenvalue weighted by atomic mass is 19.4. The Bertz CT molecular complexity index is 739. The van der Waals surface area contributed by atoms with Crippen molar-refractivity contribution >= 4 is 23.3 Å². The Morgan fingerprint density at radius 3 is 2.63 bits per heavy atom. The third-order valence-electron chi connectivity index (χ3n) is 4.28. The van der Waals surface area contributed by atoms with Gasteiger partial charge in [-0.25, -0.2) is 4.79 Å². The van der Waals surface area contributed by atoms with Gasteiger partial charge < -0.3 is 15.3 Å². The van der Waals surface area contributed by atoms with Crippen molar-refractivity contribution < 1.29 is 32.8 Å². The molecule has 2 N–H and O–H groups in total. The first-order valence-electron chi connectivity index (χ1n) is 8.23. The van der Waals surface area contributed by atoms with Crippen LogP contribution in [-0.4, -0.2) is 45.9 Å². The first kappa shape index (κ1) is 20.5. The number of carboxylic acid groups (broad SMARTS) is 1. The number of aliphatic carboxylic acids is 1. The predicted octanol–water partition coefficient (Wildman–Crippen LogP) is 2.88. The van der Waals surface area contributed by atoms with Gasteiger partial charge in [0, 0.05) is 25.6 Å². The van der Waals surface area contributed by atoms with Crippen LogP contribution in [0.1, 0.15) is 31.2 Å². The van der Waals surface area contributed by atoms with E-state index in [-0.39, 0.29) is 18.7 Å². The molecule has 11 heteroatoms. The molecule has 2 rings (SSSR count). The number of anilines is 1. The van der Waals surface area contributed by atoms with Gasteiger partial charge in [0.2, 0.25) is 5.91 Å². The van der Waals surface area contributed by atoms with E-state index in [0.717, 1.165) is 6.07 Å². The second kappa shape index (κ2) is 8.23. The number of hydrogen-bond acceptors (Lipinski definition) is 5. The zero-order valence-corrected chi connectivity index (χ0v) is 14.2. The van der Waals surface area contributed by atoms with Crippen molar-refractivity contribution in [2.24, 2.45) is 0 Å². The lowest BCUT2D eigenvalue weighted by Crippen LogP contribution is -2.48. The van der Waals surface area contributed by atoms with Crippen LogP contribution in [0, 0.1) is 10.1 Å². The van der Waals surface area contributed by atoms with Crippen LogP contribution in [0.4, 0.5) is 24.5 Å². The summed E-state index contributed by atoms with van der Waals surface area (Å²) in [7, 11) is 0. The van der Waals surface area contributed by atoms with E-state index in [4.69, 9.17) is 0 Å². The molecule has 0 aliphatic carbocycles. The number of benzene rings is 1. The van der Waals surface area contributed by atoms with Crippen LogP contribution in [0.5, 0.6) is 0 Å². The lowest BCUT2D eigenvalue weighted by atomic mass is 10.0. The maximum absolute atomic E-state index is 12.7. The van der Waals surface area contributed by atoms with E-state index in [9.17, 15) is 38.0 Å². The van der Waals surface area contributed by atoms with Crippen LogP contribution < -0.4 is 5.32 Å². The third kappa shape index (κ3) is 5.08. The summed E-state index contributed by atoms with van der Waals surface area (Å²) < 4.78 is 38.1. The van der Waals surface area contributed by atoms with Gasteiger partial charge in [-0.2, -0.15) is 13.2 Å². The Kier molecular flexibility index (Phi) is 6.24. The van der Waals surface area contributed by atoms with Crippen LogP contribution in [0.2, 0.25) is 0 Å². The van der Waals surface area contributed by atoms with E-state index in [1.807, 2.05) is 0 Å². The zero-order chi connectivity index (χ0) is 20.2. The van der Waals surface area contributed by atoms with Gasteiger partial charge in [-0.05, 0) is 31.4 Å². The smallest absolute Gasteiger partial charge is 0.416 e.